The SMILES string of the molecule is O=C(N[C@@H]1C[C@@H]1c1ccccc1)c1c[nH]c(=O)c(Br)c1. The second-order valence-corrected chi connectivity index (χ2v) is 5.75. The Hall–Kier alpha value is -1.88. The summed E-state index contributed by atoms with van der Waals surface area (Å²) in [6.07, 6.45) is 2.39. The zero-order chi connectivity index (χ0) is 14.1. The molecule has 1 amide bonds. The normalized spacial score (nSPS) is 20.4. The lowest BCUT2D eigenvalue weighted by Crippen LogP contribution is -2.27. The van der Waals surface area contributed by atoms with Crippen molar-refractivity contribution in [2.45, 2.75) is 18.4 Å². The van der Waals surface area contributed by atoms with Crippen molar-refractivity contribution in [1.29, 1.82) is 0 Å². The highest BCUT2D eigenvalue weighted by atomic mass is 79.9. The molecule has 2 N–H and O–H groups in total. The summed E-state index contributed by atoms with van der Waals surface area (Å²) in [7, 11) is 0. The van der Waals surface area contributed by atoms with Gasteiger partial charge in [0.05, 0.1) is 10.0 Å². The summed E-state index contributed by atoms with van der Waals surface area (Å²) in [6.45, 7) is 0. The van der Waals surface area contributed by atoms with Gasteiger partial charge in [-0.25, -0.2) is 0 Å². The zero-order valence-electron chi connectivity index (χ0n) is 10.6. The summed E-state index contributed by atoms with van der Waals surface area (Å²) in [5, 5.41) is 2.98. The molecule has 0 unspecified atom stereocenters. The molecule has 1 aliphatic rings. The summed E-state index contributed by atoms with van der Waals surface area (Å²) in [4.78, 5) is 25.8. The van der Waals surface area contributed by atoms with Gasteiger partial charge in [-0.2, -0.15) is 0 Å². The highest BCUT2D eigenvalue weighted by Crippen LogP contribution is 2.40. The molecule has 0 saturated heterocycles. The van der Waals surface area contributed by atoms with Crippen LogP contribution in [0.2, 0.25) is 0 Å². The molecule has 2 aromatic rings. The van der Waals surface area contributed by atoms with Crippen LogP contribution >= 0.6 is 15.9 Å². The Balaban J connectivity index is 1.66. The van der Waals surface area contributed by atoms with Crippen molar-refractivity contribution in [3.63, 3.8) is 0 Å². The van der Waals surface area contributed by atoms with Crippen molar-refractivity contribution in [3.05, 3.63) is 68.5 Å². The molecule has 5 heteroatoms. The van der Waals surface area contributed by atoms with Crippen molar-refractivity contribution in [3.8, 4) is 0 Å². The first-order valence-corrected chi connectivity index (χ1v) is 7.18. The van der Waals surface area contributed by atoms with Gasteiger partial charge in [0.15, 0.2) is 0 Å². The van der Waals surface area contributed by atoms with E-state index in [2.05, 4.69) is 38.4 Å². The Morgan fingerprint density at radius 2 is 2.05 bits per heavy atom. The molecule has 2 atom stereocenters. The molecule has 1 aromatic heterocycles. The van der Waals surface area contributed by atoms with Crippen LogP contribution in [-0.4, -0.2) is 16.9 Å². The topological polar surface area (TPSA) is 62.0 Å². The molecule has 0 aliphatic heterocycles. The molecule has 1 aromatic carbocycles. The van der Waals surface area contributed by atoms with Crippen LogP contribution in [0.3, 0.4) is 0 Å². The van der Waals surface area contributed by atoms with E-state index in [1.165, 1.54) is 17.8 Å². The van der Waals surface area contributed by atoms with Gasteiger partial charge >= 0.3 is 0 Å². The van der Waals surface area contributed by atoms with Gasteiger partial charge in [-0.3, -0.25) is 9.59 Å². The minimum atomic E-state index is -0.241. The van der Waals surface area contributed by atoms with Gasteiger partial charge in [0.1, 0.15) is 0 Å². The summed E-state index contributed by atoms with van der Waals surface area (Å²) in [6, 6.07) is 11.9. The van der Waals surface area contributed by atoms with Crippen LogP contribution in [-0.2, 0) is 0 Å². The number of aromatic nitrogens is 1. The van der Waals surface area contributed by atoms with Crippen LogP contribution in [0.15, 0.2) is 51.9 Å². The highest BCUT2D eigenvalue weighted by molar-refractivity contribution is 9.10. The summed E-state index contributed by atoms with van der Waals surface area (Å²) in [5.41, 5.74) is 1.46. The van der Waals surface area contributed by atoms with Crippen LogP contribution in [0.5, 0.6) is 0 Å². The monoisotopic (exact) mass is 332 g/mol. The fourth-order valence-electron chi connectivity index (χ4n) is 2.26. The van der Waals surface area contributed by atoms with Crippen LogP contribution in [0, 0.1) is 0 Å². The van der Waals surface area contributed by atoms with E-state index in [0.29, 0.717) is 16.0 Å². The number of benzene rings is 1. The number of halogens is 1. The minimum absolute atomic E-state index is 0.162. The standard InChI is InChI=1S/C15H13BrN2O2/c16-12-6-10(8-17-15(12)20)14(19)18-13-7-11(13)9-4-2-1-3-5-9/h1-6,8,11,13H,7H2,(H,17,20)(H,18,19)/t11-,13-/m1/s1. The molecular formula is C15H13BrN2O2. The lowest BCUT2D eigenvalue weighted by Gasteiger charge is -2.05. The Kier molecular flexibility index (Phi) is 3.44. The van der Waals surface area contributed by atoms with Crippen LogP contribution < -0.4 is 10.9 Å². The van der Waals surface area contributed by atoms with Crippen LogP contribution in [0.1, 0.15) is 28.3 Å². The van der Waals surface area contributed by atoms with Crippen LogP contribution in [0.25, 0.3) is 0 Å². The van der Waals surface area contributed by atoms with E-state index < -0.39 is 0 Å². The van der Waals surface area contributed by atoms with Crippen molar-refractivity contribution < 1.29 is 4.79 Å². The number of rotatable bonds is 3. The van der Waals surface area contributed by atoms with E-state index in [-0.39, 0.29) is 17.5 Å². The first-order valence-electron chi connectivity index (χ1n) is 6.39. The Morgan fingerprint density at radius 1 is 1.30 bits per heavy atom. The number of carbonyl (C=O) groups is 1. The third-order valence-corrected chi connectivity index (χ3v) is 4.04. The smallest absolute Gasteiger partial charge is 0.262 e. The lowest BCUT2D eigenvalue weighted by molar-refractivity contribution is 0.0950. The molecule has 3 rings (SSSR count). The van der Waals surface area contributed by atoms with Crippen molar-refractivity contribution in [2.75, 3.05) is 0 Å². The predicted octanol–water partition coefficient (Wildman–Crippen LogP) is 2.42. The van der Waals surface area contributed by atoms with Crippen molar-refractivity contribution >= 4 is 21.8 Å². The lowest BCUT2D eigenvalue weighted by atomic mass is 10.1. The third kappa shape index (κ3) is 2.67. The van der Waals surface area contributed by atoms with Crippen LogP contribution in [0.4, 0.5) is 0 Å². The molecule has 1 aliphatic carbocycles. The predicted molar refractivity (Wildman–Crippen MR) is 79.8 cm³/mol. The van der Waals surface area contributed by atoms with Gasteiger partial charge in [-0.05, 0) is 34.0 Å². The molecule has 0 radical (unpaired) electrons. The number of hydrogen-bond donors (Lipinski definition) is 2. The fourth-order valence-corrected chi connectivity index (χ4v) is 2.62. The van der Waals surface area contributed by atoms with E-state index in [9.17, 15) is 9.59 Å². The van der Waals surface area contributed by atoms with Gasteiger partial charge in [0.2, 0.25) is 0 Å². The summed E-state index contributed by atoms with van der Waals surface area (Å²) >= 11 is 3.12. The van der Waals surface area contributed by atoms with Gasteiger partial charge in [0.25, 0.3) is 11.5 Å². The van der Waals surface area contributed by atoms with E-state index in [1.54, 1.807) is 0 Å². The number of hydrogen-bond acceptors (Lipinski definition) is 2. The summed E-state index contributed by atoms with van der Waals surface area (Å²) in [5.74, 6) is 0.233. The van der Waals surface area contributed by atoms with Crippen molar-refractivity contribution in [2.24, 2.45) is 0 Å². The molecular weight excluding hydrogens is 320 g/mol. The second-order valence-electron chi connectivity index (χ2n) is 4.90. The highest BCUT2D eigenvalue weighted by Gasteiger charge is 2.39. The average Bonchev–Trinajstić information content (AvgIpc) is 3.22. The van der Waals surface area contributed by atoms with E-state index in [0.717, 1.165) is 6.42 Å². The molecule has 102 valence electrons. The van der Waals surface area contributed by atoms with Gasteiger partial charge in [-0.15, -0.1) is 0 Å². The van der Waals surface area contributed by atoms with E-state index in [1.807, 2.05) is 18.2 Å². The first kappa shape index (κ1) is 13.1. The zero-order valence-corrected chi connectivity index (χ0v) is 12.2. The van der Waals surface area contributed by atoms with E-state index >= 15 is 0 Å². The Bertz CT molecular complexity index is 697. The Morgan fingerprint density at radius 3 is 2.75 bits per heavy atom. The minimum Gasteiger partial charge on any atom is -0.349 e. The average molecular weight is 333 g/mol. The van der Waals surface area contributed by atoms with Gasteiger partial charge in [0, 0.05) is 18.2 Å². The number of aromatic amines is 1. The largest absolute Gasteiger partial charge is 0.349 e. The molecule has 20 heavy (non-hydrogen) atoms. The number of amides is 1. The summed E-state index contributed by atoms with van der Waals surface area (Å²) < 4.78 is 0.362. The maximum atomic E-state index is 12.1. The number of carbonyl (C=O) groups excluding carboxylic acids is 1. The third-order valence-electron chi connectivity index (χ3n) is 3.45. The van der Waals surface area contributed by atoms with Gasteiger partial charge in [-0.1, -0.05) is 30.3 Å². The number of nitrogens with one attached hydrogen (secondary N) is 2. The first-order chi connectivity index (χ1) is 9.65. The maximum Gasteiger partial charge on any atom is 0.262 e. The molecule has 1 fully saturated rings. The second kappa shape index (κ2) is 5.25. The fraction of sp³-hybridized carbons (Fsp3) is 0.200. The van der Waals surface area contributed by atoms with Gasteiger partial charge < -0.3 is 10.3 Å². The maximum absolute atomic E-state index is 12.1. The van der Waals surface area contributed by atoms with E-state index in [4.69, 9.17) is 0 Å². The Labute approximate surface area is 124 Å². The molecule has 4 nitrogen and oxygen atoms in total. The molecule has 0 bridgehead atoms. The molecule has 1 saturated carbocycles. The molecule has 1 heterocycles. The number of pyridine rings is 1. The molecule has 0 spiro atoms. The van der Waals surface area contributed by atoms with Crippen molar-refractivity contribution in [1.82, 2.24) is 10.3 Å². The quantitative estimate of drug-likeness (QED) is 0.906. The number of H-pyrrole nitrogens is 1.